The third-order valence-electron chi connectivity index (χ3n) is 21.0. The van der Waals surface area contributed by atoms with Crippen molar-refractivity contribution >= 4 is 195 Å². The second-order valence-corrected chi connectivity index (χ2v) is 56.8. The molecule has 20 atom stereocenters. The maximum absolute atomic E-state index is 16.9. The van der Waals surface area contributed by atoms with Crippen LogP contribution in [0.25, 0.3) is 44.7 Å². The quantitative estimate of drug-likeness (QED) is 0.0309. The monoisotopic (exact) mass is 1870 g/mol. The van der Waals surface area contributed by atoms with Crippen LogP contribution < -0.4 is 33.2 Å². The molecule has 2 amide bonds. The first-order valence-electron chi connectivity index (χ1n) is 36.1. The van der Waals surface area contributed by atoms with Gasteiger partial charge in [-0.05, 0) is 72.0 Å². The zero-order valence-corrected chi connectivity index (χ0v) is 74.9. The van der Waals surface area contributed by atoms with Crippen molar-refractivity contribution in [3.8, 4) is 0 Å². The number of nitrogen functional groups attached to an aromatic ring is 2. The van der Waals surface area contributed by atoms with Crippen LogP contribution in [0.5, 0.6) is 0 Å². The molecule has 0 radical (unpaired) electrons. The highest BCUT2D eigenvalue weighted by Crippen LogP contribution is 2.64. The number of nitrogens with two attached hydrogens (primary N) is 2. The van der Waals surface area contributed by atoms with E-state index in [2.05, 4.69) is 94.9 Å². The summed E-state index contributed by atoms with van der Waals surface area (Å²) in [6, 6.07) is 8.43. The number of nitrogens with zero attached hydrogens (tertiary/aromatic N) is 14. The molecule has 6 fully saturated rings. The minimum atomic E-state index is -5.13. The van der Waals surface area contributed by atoms with Crippen LogP contribution in [-0.2, 0) is 92.1 Å². The first kappa shape index (κ1) is 90.2. The number of aromatic amines is 2. The van der Waals surface area contributed by atoms with Crippen LogP contribution in [-0.4, -0.2) is 214 Å². The molecule has 10 N–H and O–H groups in total. The Morgan fingerprint density at radius 1 is 0.610 bits per heavy atom. The topological polar surface area (TPSA) is 510 Å². The number of thioether (sulfide) groups is 2. The lowest BCUT2D eigenvalue weighted by Crippen LogP contribution is -2.50. The molecular formula is C64H88F2N20O20P4S6Si2. The molecule has 54 heteroatoms. The first-order valence-corrected chi connectivity index (χ1v) is 54.4. The number of hydrogen-bond acceptors (Lipinski definition) is 34. The number of anilines is 4. The van der Waals surface area contributed by atoms with Crippen molar-refractivity contribution in [3.05, 3.63) is 94.6 Å². The van der Waals surface area contributed by atoms with Crippen molar-refractivity contribution < 1.29 is 91.8 Å². The molecule has 0 aliphatic carbocycles. The number of carbonyl (C=O) groups excluding carboxylic acids is 2. The van der Waals surface area contributed by atoms with Crippen molar-refractivity contribution in [1.82, 2.24) is 78.1 Å². The van der Waals surface area contributed by atoms with E-state index in [1.807, 2.05) is 67.7 Å². The van der Waals surface area contributed by atoms with E-state index in [0.29, 0.717) is 5.56 Å². The molecule has 4 unspecified atom stereocenters. The third-order valence-corrected chi connectivity index (χ3v) is 39.3. The lowest BCUT2D eigenvalue weighted by atomic mass is 10.1. The number of aromatic nitrogens is 16. The maximum Gasteiger partial charge on any atom is 0.472 e. The van der Waals surface area contributed by atoms with Crippen LogP contribution >= 0.6 is 75.1 Å². The van der Waals surface area contributed by atoms with Crippen LogP contribution in [0, 0.1) is 5.92 Å². The summed E-state index contributed by atoms with van der Waals surface area (Å²) in [7, 11) is -15.5. The number of phosphoric ester groups is 2. The summed E-state index contributed by atoms with van der Waals surface area (Å²) in [6.07, 6.45) is -9.35. The molecule has 15 rings (SSSR count). The molecule has 4 bridgehead atoms. The highest BCUT2D eigenvalue weighted by Gasteiger charge is 2.59. The highest BCUT2D eigenvalue weighted by atomic mass is 32.9. The Hall–Kier alpha value is -5.55. The molecule has 14 heterocycles. The van der Waals surface area contributed by atoms with Crippen molar-refractivity contribution in [1.29, 1.82) is 0 Å². The van der Waals surface area contributed by atoms with Gasteiger partial charge in [0.15, 0.2) is 92.2 Å². The second kappa shape index (κ2) is 34.2. The zero-order chi connectivity index (χ0) is 84.3. The summed E-state index contributed by atoms with van der Waals surface area (Å²) in [4.78, 5) is 122. The molecule has 6 saturated heterocycles. The van der Waals surface area contributed by atoms with E-state index in [0.717, 1.165) is 0 Å². The number of ether oxygens (including phenoxy) is 2. The van der Waals surface area contributed by atoms with E-state index in [1.54, 1.807) is 44.2 Å². The number of carbonyl (C=O) groups is 2. The third kappa shape index (κ3) is 18.6. The number of fused-ring (bicyclic) bond motifs is 10. The molecule has 6 aliphatic heterocycles. The minimum absolute atomic E-state index is 0. The molecule has 40 nitrogen and oxygen atoms in total. The summed E-state index contributed by atoms with van der Waals surface area (Å²) in [5.74, 6) is -1.45. The molecule has 118 heavy (non-hydrogen) atoms. The SMILES string of the molecule is C.CC(C)(C)[Si](C)(C)O[C@H]1[C@H]2OP(=O)(O)OC[C@H]3O[C@@H](n4cnc5c(N)ncnc54)[C@@H](F)[C@@H]3OP(=S)(S)OC[C@H]1S[C@H]2n1cnc2c(=O)[nH]c(N)nc21.CC(C)C(=O)Nc1nc2c(ncn2[C@@H]2S[C@@H]3COP(=S)(S)O[C@H]4[C@H](F)[C@H](n5cnc6c(NC(=O)c7ccccc7)ncnc65)O[C@@H]4COP(=O)(O)O[C@@H]2[C@@H]3O[Si](C)(C)C(C)(C)C)c(=O)[nH]1. The van der Waals surface area contributed by atoms with E-state index in [-0.39, 0.29) is 98.9 Å². The van der Waals surface area contributed by atoms with Crippen molar-refractivity contribution in [3.63, 3.8) is 0 Å². The van der Waals surface area contributed by atoms with E-state index in [4.69, 9.17) is 89.6 Å². The largest absolute Gasteiger partial charge is 0.472 e. The van der Waals surface area contributed by atoms with Gasteiger partial charge >= 0.3 is 15.6 Å². The molecule has 9 aromatic rings. The van der Waals surface area contributed by atoms with Gasteiger partial charge in [0.2, 0.25) is 29.2 Å². The molecular weight excluding hydrogens is 1780 g/mol. The number of nitrogens with one attached hydrogen (secondary N) is 4. The van der Waals surface area contributed by atoms with Gasteiger partial charge in [-0.15, -0.1) is 23.5 Å². The highest BCUT2D eigenvalue weighted by molar-refractivity contribution is 8.60. The Bertz CT molecular complexity index is 5620. The van der Waals surface area contributed by atoms with Gasteiger partial charge in [-0.25, -0.2) is 57.8 Å². The smallest absolute Gasteiger partial charge is 0.410 e. The molecule has 0 spiro atoms. The summed E-state index contributed by atoms with van der Waals surface area (Å²) in [5, 5.41) is 1.48. The van der Waals surface area contributed by atoms with Crippen molar-refractivity contribution in [2.45, 2.75) is 194 Å². The standard InChI is InChI=1S/C37H47FN10O11P2S3Si.C26H37FN10O9P2S3Si.CH4/c1-18(2)31(49)45-36-44-30-24(33(51)46-36)42-17-48(30)35-27-26(59-65(6,7)37(3,4)5)21(64-35)14-55-61(62,63)58-25-20(13-54-60(52,53)57-27)56-34(22(25)38)47-16-41-23-28(39-15-40-29(23)47)43-32(50)19-11-9-8-10-12-19;1-26(2,3)52(4,5)46-17-12-7-42-48(49,50)45-16-11(43-23(13(16)27)36-9-32-14-19(28)30-8-31-20(14)36)6-41-47(39,40)44-18(17)24(51-12)37-10-33-15-21(37)34-25(29)35-22(15)38;/h8-12,15-18,20-22,25-27,34-35H,13-14H2,1-7H3,(H,52,53)(H,62,63)(H,39,40,43,50)(H2,44,45,46,49,51);8-13,16-18,23-24H,6-7H2,1-5H3,(H,39,40)(H,49,50)(H2,28,30,31)(H3,29,34,35,38);1H4/t20-,21-,22+,25-,26-,27-,34-,35-;11-,12-,13+,16-,17-,18-,23-,24-;/m11./s1. The lowest BCUT2D eigenvalue weighted by molar-refractivity contribution is -0.119. The van der Waals surface area contributed by atoms with Crippen LogP contribution in [0.2, 0.25) is 36.3 Å². The van der Waals surface area contributed by atoms with Gasteiger partial charge in [0.25, 0.3) is 17.0 Å². The normalized spacial score (nSPS) is 32.0. The lowest BCUT2D eigenvalue weighted by Gasteiger charge is -2.41. The summed E-state index contributed by atoms with van der Waals surface area (Å²) in [5.41, 5.74) is 4.39. The molecule has 1 aromatic carbocycles. The molecule has 642 valence electrons. The Kier molecular flexibility index (Phi) is 26.1. The van der Waals surface area contributed by atoms with Gasteiger partial charge in [0, 0.05) is 11.5 Å². The fourth-order valence-electron chi connectivity index (χ4n) is 13.0. The summed E-state index contributed by atoms with van der Waals surface area (Å²) >= 11 is 23.1. The molecule has 8 aromatic heterocycles. The van der Waals surface area contributed by atoms with Gasteiger partial charge in [0.1, 0.15) is 65.5 Å². The van der Waals surface area contributed by atoms with Gasteiger partial charge in [-0.3, -0.25) is 70.8 Å². The van der Waals surface area contributed by atoms with Gasteiger partial charge in [-0.2, -0.15) is 9.97 Å². The van der Waals surface area contributed by atoms with Gasteiger partial charge in [-0.1, -0.05) is 106 Å². The van der Waals surface area contributed by atoms with E-state index >= 15 is 8.78 Å². The zero-order valence-electron chi connectivity index (χ0n) is 64.2. The predicted molar refractivity (Wildman–Crippen MR) is 452 cm³/mol. The Morgan fingerprint density at radius 2 is 1.05 bits per heavy atom. The van der Waals surface area contributed by atoms with Crippen molar-refractivity contribution in [2.24, 2.45) is 5.92 Å². The number of H-pyrrole nitrogens is 2. The number of phosphoric acid groups is 2. The van der Waals surface area contributed by atoms with Crippen LogP contribution in [0.15, 0.2) is 77.9 Å². The van der Waals surface area contributed by atoms with E-state index in [1.165, 1.54) is 79.8 Å². The van der Waals surface area contributed by atoms with Crippen LogP contribution in [0.3, 0.4) is 0 Å². The molecule has 0 saturated carbocycles. The van der Waals surface area contributed by atoms with Gasteiger partial charge < -0.3 is 63.0 Å². The summed E-state index contributed by atoms with van der Waals surface area (Å²) in [6.45, 7) is 21.8. The number of hydrogen-bond donors (Lipinski definition) is 10. The fraction of sp³-hybridized carbons (Fsp3) is 0.562. The first-order chi connectivity index (χ1) is 54.8. The van der Waals surface area contributed by atoms with Crippen molar-refractivity contribution in [2.75, 3.05) is 48.5 Å². The van der Waals surface area contributed by atoms with Crippen LogP contribution in [0.1, 0.15) is 96.4 Å². The second-order valence-electron chi connectivity index (χ2n) is 31.3. The predicted octanol–water partition coefficient (Wildman–Crippen LogP) is 10.2. The number of imidazole rings is 4. The van der Waals surface area contributed by atoms with E-state index in [9.17, 15) is 38.1 Å². The minimum Gasteiger partial charge on any atom is -0.410 e. The number of thiol groups is 2. The maximum atomic E-state index is 16.9. The van der Waals surface area contributed by atoms with Crippen LogP contribution in [0.4, 0.5) is 32.3 Å². The number of halogens is 2. The fourth-order valence-corrected chi connectivity index (χ4v) is 25.1. The number of benzene rings is 1. The average molecular weight is 1870 g/mol. The average Bonchev–Trinajstić information content (AvgIpc) is 1.60. The number of alkyl halides is 2. The number of amides is 2. The van der Waals surface area contributed by atoms with Gasteiger partial charge in [0.05, 0.1) is 74.4 Å². The summed E-state index contributed by atoms with van der Waals surface area (Å²) < 4.78 is 141. The Morgan fingerprint density at radius 3 is 1.53 bits per heavy atom. The number of rotatable bonds is 12. The Balaban J connectivity index is 0.000000208. The molecule has 6 aliphatic rings. The van der Waals surface area contributed by atoms with E-state index < -0.39 is 181 Å². The Labute approximate surface area is 703 Å².